The van der Waals surface area contributed by atoms with Gasteiger partial charge in [0.25, 0.3) is 0 Å². The zero-order chi connectivity index (χ0) is 14.6. The second-order valence-electron chi connectivity index (χ2n) is 4.05. The van der Waals surface area contributed by atoms with Gasteiger partial charge in [-0.05, 0) is 5.56 Å². The van der Waals surface area contributed by atoms with Crippen molar-refractivity contribution in [3.05, 3.63) is 47.6 Å². The lowest BCUT2D eigenvalue weighted by Gasteiger charge is -2.06. The zero-order valence-electron chi connectivity index (χ0n) is 10.3. The van der Waals surface area contributed by atoms with Crippen molar-refractivity contribution < 1.29 is 22.4 Å². The largest absolute Gasteiger partial charge is 0.411 e. The van der Waals surface area contributed by atoms with E-state index in [1.807, 2.05) is 6.07 Å². The predicted octanol–water partition coefficient (Wildman–Crippen LogP) is 2.20. The first kappa shape index (κ1) is 14.5. The van der Waals surface area contributed by atoms with Gasteiger partial charge >= 0.3 is 6.18 Å². The van der Waals surface area contributed by atoms with Gasteiger partial charge in [0.05, 0.1) is 0 Å². The summed E-state index contributed by atoms with van der Waals surface area (Å²) in [7, 11) is 0. The lowest BCUT2D eigenvalue weighted by atomic mass is 10.1. The van der Waals surface area contributed by atoms with Crippen molar-refractivity contribution in [2.75, 3.05) is 6.61 Å². The van der Waals surface area contributed by atoms with Gasteiger partial charge in [-0.1, -0.05) is 35.5 Å². The molecule has 2 N–H and O–H groups in total. The van der Waals surface area contributed by atoms with Gasteiger partial charge in [-0.15, -0.1) is 0 Å². The summed E-state index contributed by atoms with van der Waals surface area (Å²) in [5.41, 5.74) is 6.67. The van der Waals surface area contributed by atoms with Crippen molar-refractivity contribution in [3.8, 4) is 0 Å². The molecule has 0 spiro atoms. The lowest BCUT2D eigenvalue weighted by Crippen LogP contribution is -2.17. The molecule has 0 unspecified atom stereocenters. The molecule has 8 heteroatoms. The Bertz CT molecular complexity index is 542. The third-order valence-corrected chi connectivity index (χ3v) is 2.41. The Hall–Kier alpha value is -1.93. The fourth-order valence-electron chi connectivity index (χ4n) is 1.51. The smallest absolute Gasteiger partial charge is 0.364 e. The Labute approximate surface area is 112 Å². The second-order valence-corrected chi connectivity index (χ2v) is 4.05. The van der Waals surface area contributed by atoms with Gasteiger partial charge in [-0.2, -0.15) is 18.2 Å². The van der Waals surface area contributed by atoms with Crippen LogP contribution < -0.4 is 5.73 Å². The molecule has 0 aliphatic carbocycles. The van der Waals surface area contributed by atoms with E-state index in [1.54, 1.807) is 24.3 Å². The van der Waals surface area contributed by atoms with Crippen LogP contribution in [-0.4, -0.2) is 22.9 Å². The number of halogens is 3. The normalized spacial score (nSPS) is 13.4. The van der Waals surface area contributed by atoms with Crippen LogP contribution in [0.3, 0.4) is 0 Å². The molecular formula is C12H12F3N3O2. The van der Waals surface area contributed by atoms with Gasteiger partial charge in [-0.3, -0.25) is 0 Å². The van der Waals surface area contributed by atoms with Crippen molar-refractivity contribution in [3.63, 3.8) is 0 Å². The molecule has 20 heavy (non-hydrogen) atoms. The lowest BCUT2D eigenvalue weighted by molar-refractivity contribution is -0.177. The quantitative estimate of drug-likeness (QED) is 0.912. The molecule has 0 aliphatic heterocycles. The van der Waals surface area contributed by atoms with Crippen LogP contribution >= 0.6 is 0 Å². The van der Waals surface area contributed by atoms with Crippen LogP contribution in [0, 0.1) is 0 Å². The topological polar surface area (TPSA) is 74.2 Å². The maximum Gasteiger partial charge on any atom is 0.411 e. The van der Waals surface area contributed by atoms with Crippen molar-refractivity contribution in [1.82, 2.24) is 10.1 Å². The third-order valence-electron chi connectivity index (χ3n) is 2.41. The summed E-state index contributed by atoms with van der Waals surface area (Å²) in [6, 6.07) is 8.39. The van der Waals surface area contributed by atoms with Gasteiger partial charge in [-0.25, -0.2) is 0 Å². The third kappa shape index (κ3) is 4.04. The predicted molar refractivity (Wildman–Crippen MR) is 62.5 cm³/mol. The number of nitrogens with two attached hydrogens (primary N) is 1. The first-order chi connectivity index (χ1) is 9.46. The van der Waals surface area contributed by atoms with E-state index in [-0.39, 0.29) is 18.3 Å². The number of aromatic nitrogens is 2. The summed E-state index contributed by atoms with van der Waals surface area (Å²) < 4.78 is 45.1. The highest BCUT2D eigenvalue weighted by Crippen LogP contribution is 2.18. The standard InChI is InChI=1S/C12H12F3N3O2/c13-12(14,15)7-19-6-9-17-11(20-18-9)10(16)8-4-2-1-3-5-8/h1-5,10H,6-7,16H2/t10-/m1/s1. The molecule has 0 fully saturated rings. The van der Waals surface area contributed by atoms with E-state index in [2.05, 4.69) is 14.9 Å². The van der Waals surface area contributed by atoms with Crippen LogP contribution in [0.2, 0.25) is 0 Å². The molecular weight excluding hydrogens is 275 g/mol. The van der Waals surface area contributed by atoms with Crippen LogP contribution in [0.15, 0.2) is 34.9 Å². The van der Waals surface area contributed by atoms with E-state index in [0.29, 0.717) is 0 Å². The Morgan fingerprint density at radius 2 is 1.95 bits per heavy atom. The SMILES string of the molecule is N[C@H](c1ccccc1)c1nc(COCC(F)(F)F)no1. The zero-order valence-corrected chi connectivity index (χ0v) is 10.3. The first-order valence-electron chi connectivity index (χ1n) is 5.73. The van der Waals surface area contributed by atoms with Gasteiger partial charge in [0.2, 0.25) is 5.89 Å². The van der Waals surface area contributed by atoms with E-state index in [0.717, 1.165) is 5.56 Å². The van der Waals surface area contributed by atoms with E-state index in [1.165, 1.54) is 0 Å². The molecule has 108 valence electrons. The minimum Gasteiger partial charge on any atom is -0.364 e. The highest BCUT2D eigenvalue weighted by molar-refractivity contribution is 5.22. The number of hydrogen-bond donors (Lipinski definition) is 1. The van der Waals surface area contributed by atoms with E-state index >= 15 is 0 Å². The number of nitrogens with zero attached hydrogens (tertiary/aromatic N) is 2. The Balaban J connectivity index is 1.95. The number of hydrogen-bond acceptors (Lipinski definition) is 5. The first-order valence-corrected chi connectivity index (χ1v) is 5.73. The molecule has 2 rings (SSSR count). The molecule has 0 bridgehead atoms. The Morgan fingerprint density at radius 1 is 1.25 bits per heavy atom. The molecule has 0 amide bonds. The second kappa shape index (κ2) is 6.02. The highest BCUT2D eigenvalue weighted by Gasteiger charge is 2.27. The summed E-state index contributed by atoms with van der Waals surface area (Å²) in [5.74, 6) is 0.150. The Morgan fingerprint density at radius 3 is 2.60 bits per heavy atom. The van der Waals surface area contributed by atoms with Gasteiger partial charge in [0, 0.05) is 0 Å². The molecule has 0 saturated carbocycles. The number of rotatable bonds is 5. The molecule has 0 aliphatic rings. The minimum absolute atomic E-state index is 0.0237. The van der Waals surface area contributed by atoms with Crippen LogP contribution in [0.5, 0.6) is 0 Å². The molecule has 1 heterocycles. The van der Waals surface area contributed by atoms with E-state index in [4.69, 9.17) is 10.3 Å². The average molecular weight is 287 g/mol. The summed E-state index contributed by atoms with van der Waals surface area (Å²) in [5, 5.41) is 3.52. The maximum atomic E-state index is 11.9. The van der Waals surface area contributed by atoms with Gasteiger partial charge < -0.3 is 15.0 Å². The molecule has 1 aromatic heterocycles. The van der Waals surface area contributed by atoms with Crippen molar-refractivity contribution in [2.45, 2.75) is 18.8 Å². The molecule has 0 saturated heterocycles. The van der Waals surface area contributed by atoms with Crippen molar-refractivity contribution in [1.29, 1.82) is 0 Å². The fourth-order valence-corrected chi connectivity index (χ4v) is 1.51. The van der Waals surface area contributed by atoms with Gasteiger partial charge in [0.15, 0.2) is 5.82 Å². The molecule has 5 nitrogen and oxygen atoms in total. The van der Waals surface area contributed by atoms with Gasteiger partial charge in [0.1, 0.15) is 19.3 Å². The highest BCUT2D eigenvalue weighted by atomic mass is 19.4. The number of alkyl halides is 3. The maximum absolute atomic E-state index is 11.9. The number of ether oxygens (including phenoxy) is 1. The van der Waals surface area contributed by atoms with Crippen LogP contribution in [-0.2, 0) is 11.3 Å². The molecule has 1 aromatic carbocycles. The molecule has 1 atom stereocenters. The van der Waals surface area contributed by atoms with Crippen LogP contribution in [0.1, 0.15) is 23.3 Å². The van der Waals surface area contributed by atoms with E-state index < -0.39 is 18.8 Å². The van der Waals surface area contributed by atoms with E-state index in [9.17, 15) is 13.2 Å². The van der Waals surface area contributed by atoms with Crippen LogP contribution in [0.25, 0.3) is 0 Å². The summed E-state index contributed by atoms with van der Waals surface area (Å²) in [6.45, 7) is -1.74. The summed E-state index contributed by atoms with van der Waals surface area (Å²) >= 11 is 0. The molecule has 0 radical (unpaired) electrons. The minimum atomic E-state index is -4.38. The van der Waals surface area contributed by atoms with Crippen molar-refractivity contribution in [2.24, 2.45) is 5.73 Å². The fraction of sp³-hybridized carbons (Fsp3) is 0.333. The number of benzene rings is 1. The van der Waals surface area contributed by atoms with Crippen LogP contribution in [0.4, 0.5) is 13.2 Å². The van der Waals surface area contributed by atoms with Crippen molar-refractivity contribution >= 4 is 0 Å². The average Bonchev–Trinajstić information content (AvgIpc) is 2.86. The monoisotopic (exact) mass is 287 g/mol. The summed E-state index contributed by atoms with van der Waals surface area (Å²) in [4.78, 5) is 3.91. The summed E-state index contributed by atoms with van der Waals surface area (Å²) in [6.07, 6.45) is -4.38. The Kier molecular flexibility index (Phi) is 4.35. The molecule has 2 aromatic rings.